The van der Waals surface area contributed by atoms with Gasteiger partial charge in [-0.3, -0.25) is 0 Å². The Bertz CT molecular complexity index is 222. The van der Waals surface area contributed by atoms with Gasteiger partial charge in [-0.15, -0.1) is 0 Å². The second kappa shape index (κ2) is 6.21. The Morgan fingerprint density at radius 1 is 1.38 bits per heavy atom. The summed E-state index contributed by atoms with van der Waals surface area (Å²) in [5.41, 5.74) is -0.379. The van der Waals surface area contributed by atoms with Crippen molar-refractivity contribution in [2.24, 2.45) is 5.92 Å². The minimum absolute atomic E-state index is 0.0604. The van der Waals surface area contributed by atoms with E-state index in [1.807, 2.05) is 20.8 Å². The Labute approximate surface area is 97.7 Å². The van der Waals surface area contributed by atoms with E-state index in [0.717, 1.165) is 25.9 Å². The van der Waals surface area contributed by atoms with Crippen molar-refractivity contribution in [1.82, 2.24) is 5.32 Å². The molecule has 16 heavy (non-hydrogen) atoms. The molecule has 0 atom stereocenters. The van der Waals surface area contributed by atoms with Crippen LogP contribution in [0, 0.1) is 5.92 Å². The van der Waals surface area contributed by atoms with Crippen molar-refractivity contribution in [3.05, 3.63) is 0 Å². The highest BCUT2D eigenvalue weighted by Crippen LogP contribution is 2.28. The predicted molar refractivity (Wildman–Crippen MR) is 62.3 cm³/mol. The maximum Gasteiger partial charge on any atom is 0.332 e. The smallest absolute Gasteiger partial charge is 0.332 e. The number of rotatable bonds is 5. The second-order valence-electron chi connectivity index (χ2n) is 4.74. The lowest BCUT2D eigenvalue weighted by molar-refractivity contribution is -0.167. The van der Waals surface area contributed by atoms with Gasteiger partial charge in [0.25, 0.3) is 0 Å². The van der Waals surface area contributed by atoms with Gasteiger partial charge in [0.05, 0.1) is 0 Å². The van der Waals surface area contributed by atoms with Gasteiger partial charge in [-0.05, 0) is 46.7 Å². The molecule has 0 amide bonds. The van der Waals surface area contributed by atoms with E-state index in [9.17, 15) is 4.79 Å². The summed E-state index contributed by atoms with van der Waals surface area (Å²) in [4.78, 5) is 11.5. The van der Waals surface area contributed by atoms with Crippen LogP contribution in [0.5, 0.6) is 0 Å². The first-order valence-corrected chi connectivity index (χ1v) is 6.06. The summed E-state index contributed by atoms with van der Waals surface area (Å²) in [5.74, 6) is 0.185. The van der Waals surface area contributed by atoms with E-state index >= 15 is 0 Å². The maximum atomic E-state index is 11.5. The number of hydrogen-bond acceptors (Lipinski definition) is 4. The molecule has 1 N–H and O–H groups in total. The molecule has 1 aliphatic heterocycles. The molecule has 4 heteroatoms. The lowest BCUT2D eigenvalue weighted by Crippen LogP contribution is -2.43. The molecule has 0 aromatic heterocycles. The summed E-state index contributed by atoms with van der Waals surface area (Å²) in [7, 11) is 0. The van der Waals surface area contributed by atoms with Crippen LogP contribution >= 0.6 is 0 Å². The fourth-order valence-electron chi connectivity index (χ4n) is 2.11. The molecule has 1 heterocycles. The number of esters is 1. The van der Waals surface area contributed by atoms with Gasteiger partial charge in [0.2, 0.25) is 0 Å². The number of carbonyl (C=O) groups is 1. The minimum Gasteiger partial charge on any atom is -0.458 e. The summed E-state index contributed by atoms with van der Waals surface area (Å²) >= 11 is 0. The van der Waals surface area contributed by atoms with Crippen LogP contribution in [-0.2, 0) is 14.3 Å². The Morgan fingerprint density at radius 2 is 2.00 bits per heavy atom. The molecule has 94 valence electrons. The molecule has 0 saturated carbocycles. The molecule has 0 aromatic rings. The average Bonchev–Trinajstić information content (AvgIpc) is 2.27. The summed E-state index contributed by atoms with van der Waals surface area (Å²) in [6, 6.07) is 0. The van der Waals surface area contributed by atoms with Crippen LogP contribution in [0.4, 0.5) is 0 Å². The zero-order valence-corrected chi connectivity index (χ0v) is 10.5. The molecule has 0 spiro atoms. The molecule has 0 aliphatic carbocycles. The lowest BCUT2D eigenvalue weighted by Gasteiger charge is -2.36. The van der Waals surface area contributed by atoms with Crippen LogP contribution in [0.3, 0.4) is 0 Å². The molecule has 1 rings (SSSR count). The Balaban J connectivity index is 2.39. The Hall–Kier alpha value is -0.610. The summed E-state index contributed by atoms with van der Waals surface area (Å²) in [5, 5.41) is 3.31. The van der Waals surface area contributed by atoms with Crippen LogP contribution in [0.1, 0.15) is 33.6 Å². The number of ether oxygens (including phenoxy) is 2. The standard InChI is InChI=1S/C12H23NO3/c1-4-15-9-11(14)16-12(2,3)10-5-7-13-8-6-10/h10,13H,4-9H2,1-3H3. The molecular weight excluding hydrogens is 206 g/mol. The van der Waals surface area contributed by atoms with E-state index in [1.165, 1.54) is 0 Å². The molecule has 1 saturated heterocycles. The van der Waals surface area contributed by atoms with Gasteiger partial charge < -0.3 is 14.8 Å². The Morgan fingerprint density at radius 3 is 2.56 bits per heavy atom. The van der Waals surface area contributed by atoms with Crippen molar-refractivity contribution in [3.8, 4) is 0 Å². The van der Waals surface area contributed by atoms with Crippen LogP contribution in [-0.4, -0.2) is 37.9 Å². The third kappa shape index (κ3) is 4.10. The van der Waals surface area contributed by atoms with Crippen LogP contribution < -0.4 is 5.32 Å². The van der Waals surface area contributed by atoms with Gasteiger partial charge in [0.1, 0.15) is 12.2 Å². The number of carbonyl (C=O) groups excluding carboxylic acids is 1. The minimum atomic E-state index is -0.379. The highest BCUT2D eigenvalue weighted by molar-refractivity contribution is 5.71. The van der Waals surface area contributed by atoms with E-state index in [1.54, 1.807) is 0 Å². The second-order valence-corrected chi connectivity index (χ2v) is 4.74. The zero-order chi connectivity index (χ0) is 12.0. The molecule has 0 bridgehead atoms. The number of nitrogens with one attached hydrogen (secondary N) is 1. The van der Waals surface area contributed by atoms with Crippen molar-refractivity contribution in [2.75, 3.05) is 26.3 Å². The monoisotopic (exact) mass is 229 g/mol. The average molecular weight is 229 g/mol. The van der Waals surface area contributed by atoms with Gasteiger partial charge in [0.15, 0.2) is 0 Å². The van der Waals surface area contributed by atoms with Gasteiger partial charge in [0, 0.05) is 12.5 Å². The van der Waals surface area contributed by atoms with Gasteiger partial charge in [-0.2, -0.15) is 0 Å². The largest absolute Gasteiger partial charge is 0.458 e. The first-order valence-electron chi connectivity index (χ1n) is 6.06. The van der Waals surface area contributed by atoms with Crippen molar-refractivity contribution >= 4 is 5.97 Å². The summed E-state index contributed by atoms with van der Waals surface area (Å²) < 4.78 is 10.5. The van der Waals surface area contributed by atoms with E-state index in [4.69, 9.17) is 9.47 Å². The third-order valence-electron chi connectivity index (χ3n) is 3.12. The Kier molecular flexibility index (Phi) is 5.22. The van der Waals surface area contributed by atoms with Gasteiger partial charge >= 0.3 is 5.97 Å². The quantitative estimate of drug-likeness (QED) is 0.723. The van der Waals surface area contributed by atoms with Crippen molar-refractivity contribution in [3.63, 3.8) is 0 Å². The van der Waals surface area contributed by atoms with E-state index in [-0.39, 0.29) is 18.2 Å². The zero-order valence-electron chi connectivity index (χ0n) is 10.5. The molecular formula is C12H23NO3. The summed E-state index contributed by atoms with van der Waals surface area (Å²) in [6.45, 7) is 8.48. The molecule has 1 aliphatic rings. The summed E-state index contributed by atoms with van der Waals surface area (Å²) in [6.07, 6.45) is 2.13. The van der Waals surface area contributed by atoms with Crippen LogP contribution in [0.25, 0.3) is 0 Å². The van der Waals surface area contributed by atoms with Crippen molar-refractivity contribution in [2.45, 2.75) is 39.2 Å². The topological polar surface area (TPSA) is 47.6 Å². The maximum absolute atomic E-state index is 11.5. The number of piperidine rings is 1. The third-order valence-corrected chi connectivity index (χ3v) is 3.12. The van der Waals surface area contributed by atoms with E-state index < -0.39 is 0 Å². The van der Waals surface area contributed by atoms with E-state index in [2.05, 4.69) is 5.32 Å². The first kappa shape index (κ1) is 13.5. The highest BCUT2D eigenvalue weighted by Gasteiger charge is 2.33. The lowest BCUT2D eigenvalue weighted by atomic mass is 9.83. The molecule has 1 fully saturated rings. The van der Waals surface area contributed by atoms with Crippen LogP contribution in [0.2, 0.25) is 0 Å². The van der Waals surface area contributed by atoms with Crippen molar-refractivity contribution in [1.29, 1.82) is 0 Å². The fourth-order valence-corrected chi connectivity index (χ4v) is 2.11. The first-order chi connectivity index (χ1) is 7.56. The molecule has 0 unspecified atom stereocenters. The fraction of sp³-hybridized carbons (Fsp3) is 0.917. The highest BCUT2D eigenvalue weighted by atomic mass is 16.6. The van der Waals surface area contributed by atoms with Gasteiger partial charge in [-0.1, -0.05) is 0 Å². The van der Waals surface area contributed by atoms with Gasteiger partial charge in [-0.25, -0.2) is 4.79 Å². The number of hydrogen-bond donors (Lipinski definition) is 1. The SMILES string of the molecule is CCOCC(=O)OC(C)(C)C1CCNCC1. The molecule has 0 radical (unpaired) electrons. The molecule has 4 nitrogen and oxygen atoms in total. The van der Waals surface area contributed by atoms with E-state index in [0.29, 0.717) is 12.5 Å². The van der Waals surface area contributed by atoms with Crippen molar-refractivity contribution < 1.29 is 14.3 Å². The molecule has 0 aromatic carbocycles. The van der Waals surface area contributed by atoms with Crippen LogP contribution in [0.15, 0.2) is 0 Å². The predicted octanol–water partition coefficient (Wildman–Crippen LogP) is 1.34. The normalized spacial score (nSPS) is 18.4.